The molecule has 0 aromatic heterocycles. The third-order valence-electron chi connectivity index (χ3n) is 3.09. The Labute approximate surface area is 144 Å². The van der Waals surface area contributed by atoms with Crippen molar-refractivity contribution in [3.63, 3.8) is 0 Å². The van der Waals surface area contributed by atoms with E-state index in [2.05, 4.69) is 0 Å². The minimum Gasteiger partial charge on any atom is -0.507 e. The molecule has 0 bridgehead atoms. The van der Waals surface area contributed by atoms with Crippen LogP contribution in [0.15, 0.2) is 36.4 Å². The third-order valence-corrected chi connectivity index (χ3v) is 4.18. The maximum atomic E-state index is 13.3. The summed E-state index contributed by atoms with van der Waals surface area (Å²) in [4.78, 5) is 12.2. The number of hydrogen-bond acceptors (Lipinski definition) is 3. The van der Waals surface area contributed by atoms with Gasteiger partial charge in [-0.3, -0.25) is 0 Å². The molecule has 2 aromatic carbocycles. The third kappa shape index (κ3) is 3.60. The number of hydrogen-bond donors (Lipinski definition) is 1. The zero-order chi connectivity index (χ0) is 17.2. The van der Waals surface area contributed by atoms with Crippen molar-refractivity contribution in [3.05, 3.63) is 51.1 Å². The number of phenols is 1. The first kappa shape index (κ1) is 17.6. The monoisotopic (exact) mass is 436 g/mol. The van der Waals surface area contributed by atoms with E-state index < -0.39 is 29.0 Å². The molecule has 7 heteroatoms. The molecule has 0 saturated carbocycles. The van der Waals surface area contributed by atoms with Gasteiger partial charge in [-0.2, -0.15) is 13.2 Å². The number of carbonyl (C=O) groups excluding carboxylic acids is 1. The molecule has 0 radical (unpaired) electrons. The SMILES string of the molecule is CCOC(=O)c1c(C(F)(F)F)cc(O)c(I)c1-c1ccccc1. The molecule has 0 spiro atoms. The molecule has 0 amide bonds. The molecule has 1 N–H and O–H groups in total. The Morgan fingerprint density at radius 3 is 2.39 bits per heavy atom. The van der Waals surface area contributed by atoms with Gasteiger partial charge in [0.1, 0.15) is 5.75 Å². The van der Waals surface area contributed by atoms with Gasteiger partial charge in [-0.15, -0.1) is 0 Å². The van der Waals surface area contributed by atoms with Crippen LogP contribution in [0.25, 0.3) is 11.1 Å². The highest BCUT2D eigenvalue weighted by Gasteiger charge is 2.39. The van der Waals surface area contributed by atoms with E-state index in [1.807, 2.05) is 0 Å². The summed E-state index contributed by atoms with van der Waals surface area (Å²) in [5, 5.41) is 9.88. The minimum absolute atomic E-state index is 0.0111. The largest absolute Gasteiger partial charge is 0.507 e. The number of phenolic OH excluding ortho intramolecular Hbond substituents is 1. The van der Waals surface area contributed by atoms with Gasteiger partial charge < -0.3 is 9.84 Å². The summed E-state index contributed by atoms with van der Waals surface area (Å²) in [6, 6.07) is 8.67. The summed E-state index contributed by atoms with van der Waals surface area (Å²) < 4.78 is 45.0. The van der Waals surface area contributed by atoms with Gasteiger partial charge in [0, 0.05) is 5.56 Å². The Hall–Kier alpha value is -1.77. The van der Waals surface area contributed by atoms with Crippen LogP contribution in [0.2, 0.25) is 0 Å². The fourth-order valence-electron chi connectivity index (χ4n) is 2.16. The molecule has 0 aliphatic rings. The average molecular weight is 436 g/mol. The van der Waals surface area contributed by atoms with E-state index in [1.165, 1.54) is 6.92 Å². The molecule has 0 saturated heterocycles. The Bertz CT molecular complexity index is 728. The van der Waals surface area contributed by atoms with Gasteiger partial charge in [0.15, 0.2) is 0 Å². The first-order valence-corrected chi connectivity index (χ1v) is 7.70. The Morgan fingerprint density at radius 1 is 1.26 bits per heavy atom. The quantitative estimate of drug-likeness (QED) is 0.553. The molecule has 122 valence electrons. The minimum atomic E-state index is -4.80. The maximum absolute atomic E-state index is 13.3. The van der Waals surface area contributed by atoms with Crippen molar-refractivity contribution in [1.82, 2.24) is 0 Å². The predicted octanol–water partition coefficient (Wildman–Crippen LogP) is 4.86. The average Bonchev–Trinajstić information content (AvgIpc) is 2.49. The van der Waals surface area contributed by atoms with Crippen LogP contribution in [0.1, 0.15) is 22.8 Å². The van der Waals surface area contributed by atoms with Gasteiger partial charge in [-0.1, -0.05) is 30.3 Å². The van der Waals surface area contributed by atoms with E-state index in [-0.39, 0.29) is 15.7 Å². The highest BCUT2D eigenvalue weighted by molar-refractivity contribution is 14.1. The molecule has 2 aromatic rings. The fraction of sp³-hybridized carbons (Fsp3) is 0.188. The Morgan fingerprint density at radius 2 is 1.87 bits per heavy atom. The molecule has 0 aliphatic heterocycles. The number of aromatic hydroxyl groups is 1. The van der Waals surface area contributed by atoms with E-state index in [9.17, 15) is 23.1 Å². The normalized spacial score (nSPS) is 11.3. The molecule has 0 aliphatic carbocycles. The van der Waals surface area contributed by atoms with E-state index in [4.69, 9.17) is 4.74 Å². The van der Waals surface area contributed by atoms with Gasteiger partial charge in [0.25, 0.3) is 0 Å². The lowest BCUT2D eigenvalue weighted by Gasteiger charge is -2.18. The zero-order valence-electron chi connectivity index (χ0n) is 11.9. The summed E-state index contributed by atoms with van der Waals surface area (Å²) in [7, 11) is 0. The second-order valence-corrected chi connectivity index (χ2v) is 5.67. The topological polar surface area (TPSA) is 46.5 Å². The molecule has 23 heavy (non-hydrogen) atoms. The van der Waals surface area contributed by atoms with Crippen LogP contribution < -0.4 is 0 Å². The van der Waals surface area contributed by atoms with Crippen LogP contribution in [-0.4, -0.2) is 17.7 Å². The summed E-state index contributed by atoms with van der Waals surface area (Å²) in [6.45, 7) is 1.46. The van der Waals surface area contributed by atoms with Gasteiger partial charge >= 0.3 is 12.1 Å². The molecule has 0 unspecified atom stereocenters. The number of halogens is 4. The highest BCUT2D eigenvalue weighted by atomic mass is 127. The predicted molar refractivity (Wildman–Crippen MR) is 87.2 cm³/mol. The van der Waals surface area contributed by atoms with Crippen molar-refractivity contribution in [3.8, 4) is 16.9 Å². The molecular formula is C16H12F3IO3. The number of alkyl halides is 3. The Kier molecular flexibility index (Phi) is 5.18. The van der Waals surface area contributed by atoms with E-state index in [0.29, 0.717) is 11.6 Å². The highest BCUT2D eigenvalue weighted by Crippen LogP contribution is 2.43. The standard InChI is InChI=1S/C16H12F3IO3/c1-2-23-15(22)13-10(16(17,18)19)8-11(21)14(20)12(13)9-6-4-3-5-7-9/h3-8,21H,2H2,1H3. The van der Waals surface area contributed by atoms with E-state index in [0.717, 1.165) is 0 Å². The van der Waals surface area contributed by atoms with Crippen molar-refractivity contribution < 1.29 is 27.8 Å². The van der Waals surface area contributed by atoms with Gasteiger partial charge in [0.2, 0.25) is 0 Å². The first-order valence-electron chi connectivity index (χ1n) is 6.62. The molecule has 2 rings (SSSR count). The van der Waals surface area contributed by atoms with E-state index in [1.54, 1.807) is 52.9 Å². The molecule has 0 fully saturated rings. The lowest BCUT2D eigenvalue weighted by molar-refractivity contribution is -0.138. The van der Waals surface area contributed by atoms with Crippen molar-refractivity contribution in [2.45, 2.75) is 13.1 Å². The second-order valence-electron chi connectivity index (χ2n) is 4.59. The van der Waals surface area contributed by atoms with Gasteiger partial charge in [0.05, 0.1) is 21.3 Å². The summed E-state index contributed by atoms with van der Waals surface area (Å²) in [5.41, 5.74) is -1.40. The van der Waals surface area contributed by atoms with Gasteiger partial charge in [-0.25, -0.2) is 4.79 Å². The van der Waals surface area contributed by atoms with Crippen molar-refractivity contribution in [1.29, 1.82) is 0 Å². The number of carbonyl (C=O) groups is 1. The second kappa shape index (κ2) is 6.77. The molecular weight excluding hydrogens is 424 g/mol. The molecule has 0 heterocycles. The van der Waals surface area contributed by atoms with Crippen LogP contribution in [0.5, 0.6) is 5.75 Å². The van der Waals surface area contributed by atoms with Gasteiger partial charge in [-0.05, 0) is 41.1 Å². The van der Waals surface area contributed by atoms with Crippen molar-refractivity contribution in [2.75, 3.05) is 6.61 Å². The van der Waals surface area contributed by atoms with Crippen molar-refractivity contribution >= 4 is 28.6 Å². The smallest absolute Gasteiger partial charge is 0.417 e. The summed E-state index contributed by atoms with van der Waals surface area (Å²) in [5.74, 6) is -1.61. The molecule has 3 nitrogen and oxygen atoms in total. The van der Waals surface area contributed by atoms with Crippen LogP contribution in [-0.2, 0) is 10.9 Å². The molecule has 0 atom stereocenters. The van der Waals surface area contributed by atoms with E-state index >= 15 is 0 Å². The number of esters is 1. The summed E-state index contributed by atoms with van der Waals surface area (Å²) in [6.07, 6.45) is -4.80. The maximum Gasteiger partial charge on any atom is 0.417 e. The van der Waals surface area contributed by atoms with Crippen LogP contribution in [0.4, 0.5) is 13.2 Å². The number of ether oxygens (including phenoxy) is 1. The van der Waals surface area contributed by atoms with Crippen LogP contribution in [0, 0.1) is 3.57 Å². The lowest BCUT2D eigenvalue weighted by Crippen LogP contribution is -2.17. The lowest BCUT2D eigenvalue weighted by atomic mass is 9.94. The first-order chi connectivity index (χ1) is 10.8. The Balaban J connectivity index is 2.87. The van der Waals surface area contributed by atoms with Crippen molar-refractivity contribution in [2.24, 2.45) is 0 Å². The number of rotatable bonds is 3. The fourth-order valence-corrected chi connectivity index (χ4v) is 2.90. The zero-order valence-corrected chi connectivity index (χ0v) is 14.1. The van der Waals surface area contributed by atoms with Crippen LogP contribution >= 0.6 is 22.6 Å². The number of benzene rings is 2. The van der Waals surface area contributed by atoms with Crippen LogP contribution in [0.3, 0.4) is 0 Å². The summed E-state index contributed by atoms with van der Waals surface area (Å²) >= 11 is 1.72.